The van der Waals surface area contributed by atoms with Gasteiger partial charge < -0.3 is 15.2 Å². The number of ether oxygens (including phenoxy) is 1. The molecule has 0 fully saturated rings. The number of methoxy groups -OCH3 is 1. The lowest BCUT2D eigenvalue weighted by Gasteiger charge is -2.15. The van der Waals surface area contributed by atoms with Crippen LogP contribution >= 0.6 is 11.6 Å². The lowest BCUT2D eigenvalue weighted by molar-refractivity contribution is 0.178. The number of nitrogens with one attached hydrogen (secondary N) is 1. The molecule has 5 nitrogen and oxygen atoms in total. The zero-order chi connectivity index (χ0) is 12.0. The zero-order valence-electron chi connectivity index (χ0n) is 9.40. The maximum absolute atomic E-state index is 9.07. The Hall–Kier alpha value is -0.910. The molecule has 0 radical (unpaired) electrons. The normalized spacial score (nSPS) is 12.5. The Morgan fingerprint density at radius 3 is 2.88 bits per heavy atom. The lowest BCUT2D eigenvalue weighted by atomic mass is 10.2. The van der Waals surface area contributed by atoms with Crippen LogP contribution in [0.1, 0.15) is 19.2 Å². The summed E-state index contributed by atoms with van der Waals surface area (Å²) in [5, 5.41) is 12.5. The van der Waals surface area contributed by atoms with E-state index in [4.69, 9.17) is 21.4 Å². The second-order valence-corrected chi connectivity index (χ2v) is 3.74. The van der Waals surface area contributed by atoms with Crippen molar-refractivity contribution in [1.82, 2.24) is 9.97 Å². The lowest BCUT2D eigenvalue weighted by Crippen LogP contribution is -2.23. The maximum Gasteiger partial charge on any atom is 0.158 e. The van der Waals surface area contributed by atoms with E-state index in [1.54, 1.807) is 13.2 Å². The molecule has 0 aliphatic rings. The van der Waals surface area contributed by atoms with Crippen molar-refractivity contribution in [3.8, 4) is 0 Å². The second kappa shape index (κ2) is 6.62. The first-order valence-corrected chi connectivity index (χ1v) is 5.47. The highest BCUT2D eigenvalue weighted by atomic mass is 35.5. The minimum Gasteiger partial charge on any atom is -0.394 e. The smallest absolute Gasteiger partial charge is 0.158 e. The van der Waals surface area contributed by atoms with Crippen LogP contribution in [0.5, 0.6) is 0 Å². The Balaban J connectivity index is 2.78. The van der Waals surface area contributed by atoms with Crippen LogP contribution in [0.3, 0.4) is 0 Å². The van der Waals surface area contributed by atoms with Crippen molar-refractivity contribution in [2.75, 3.05) is 19.0 Å². The van der Waals surface area contributed by atoms with Crippen molar-refractivity contribution in [2.24, 2.45) is 0 Å². The third-order valence-corrected chi connectivity index (χ3v) is 2.27. The van der Waals surface area contributed by atoms with Crippen LogP contribution < -0.4 is 5.32 Å². The molecule has 0 saturated heterocycles. The summed E-state index contributed by atoms with van der Waals surface area (Å²) in [6.07, 6.45) is 0.803. The molecule has 0 aliphatic carbocycles. The summed E-state index contributed by atoms with van der Waals surface area (Å²) < 4.78 is 4.93. The Labute approximate surface area is 99.8 Å². The molecule has 1 unspecified atom stereocenters. The number of halogens is 1. The molecule has 0 saturated carbocycles. The van der Waals surface area contributed by atoms with E-state index in [0.29, 0.717) is 23.4 Å². The molecule has 1 aromatic rings. The molecular formula is C10H16ClN3O2. The first-order chi connectivity index (χ1) is 7.69. The van der Waals surface area contributed by atoms with E-state index in [-0.39, 0.29) is 12.6 Å². The summed E-state index contributed by atoms with van der Waals surface area (Å²) in [6.45, 7) is 2.34. The Morgan fingerprint density at radius 1 is 1.56 bits per heavy atom. The van der Waals surface area contributed by atoms with Crippen molar-refractivity contribution in [1.29, 1.82) is 0 Å². The van der Waals surface area contributed by atoms with Crippen LogP contribution in [0.4, 0.5) is 5.82 Å². The van der Waals surface area contributed by atoms with Gasteiger partial charge in [-0.3, -0.25) is 0 Å². The Morgan fingerprint density at radius 2 is 2.31 bits per heavy atom. The third-order valence-electron chi connectivity index (χ3n) is 2.08. The van der Waals surface area contributed by atoms with Gasteiger partial charge in [-0.15, -0.1) is 0 Å². The Bertz CT molecular complexity index is 332. The molecule has 1 rings (SSSR count). The van der Waals surface area contributed by atoms with E-state index in [2.05, 4.69) is 15.3 Å². The van der Waals surface area contributed by atoms with E-state index in [0.717, 1.165) is 6.42 Å². The predicted molar refractivity (Wildman–Crippen MR) is 62.5 cm³/mol. The van der Waals surface area contributed by atoms with Gasteiger partial charge in [0.05, 0.1) is 12.6 Å². The van der Waals surface area contributed by atoms with Crippen molar-refractivity contribution in [2.45, 2.75) is 26.0 Å². The zero-order valence-corrected chi connectivity index (χ0v) is 10.2. The molecular weight excluding hydrogens is 230 g/mol. The number of aliphatic hydroxyl groups excluding tert-OH is 1. The summed E-state index contributed by atoms with van der Waals surface area (Å²) in [5.41, 5.74) is 0. The molecule has 0 aliphatic heterocycles. The number of aromatic nitrogens is 2. The molecule has 0 bridgehead atoms. The molecule has 6 heteroatoms. The second-order valence-electron chi connectivity index (χ2n) is 3.36. The molecule has 16 heavy (non-hydrogen) atoms. The Kier molecular flexibility index (Phi) is 5.45. The first kappa shape index (κ1) is 13.2. The maximum atomic E-state index is 9.07. The average molecular weight is 246 g/mol. The van der Waals surface area contributed by atoms with Crippen LogP contribution in [0.25, 0.3) is 0 Å². The molecule has 1 heterocycles. The summed E-state index contributed by atoms with van der Waals surface area (Å²) in [6, 6.07) is 1.60. The highest BCUT2D eigenvalue weighted by molar-refractivity contribution is 6.29. The van der Waals surface area contributed by atoms with Gasteiger partial charge in [0.1, 0.15) is 17.6 Å². The van der Waals surface area contributed by atoms with Crippen LogP contribution in [0, 0.1) is 0 Å². The van der Waals surface area contributed by atoms with Gasteiger partial charge in [0.15, 0.2) is 5.82 Å². The van der Waals surface area contributed by atoms with E-state index in [1.807, 2.05) is 6.92 Å². The van der Waals surface area contributed by atoms with Crippen LogP contribution in [-0.4, -0.2) is 34.8 Å². The molecule has 90 valence electrons. The minimum atomic E-state index is -0.0265. The highest BCUT2D eigenvalue weighted by Crippen LogP contribution is 2.13. The van der Waals surface area contributed by atoms with E-state index >= 15 is 0 Å². The quantitative estimate of drug-likeness (QED) is 0.743. The van der Waals surface area contributed by atoms with Crippen LogP contribution in [0.15, 0.2) is 6.07 Å². The van der Waals surface area contributed by atoms with Crippen molar-refractivity contribution >= 4 is 17.4 Å². The topological polar surface area (TPSA) is 67.3 Å². The number of anilines is 1. The molecule has 1 atom stereocenters. The largest absolute Gasteiger partial charge is 0.394 e. The number of aliphatic hydroxyl groups is 1. The number of nitrogens with zero attached hydrogens (tertiary/aromatic N) is 2. The summed E-state index contributed by atoms with van der Waals surface area (Å²) in [4.78, 5) is 8.23. The van der Waals surface area contributed by atoms with Crippen molar-refractivity contribution in [3.05, 3.63) is 17.0 Å². The van der Waals surface area contributed by atoms with Crippen molar-refractivity contribution < 1.29 is 9.84 Å². The van der Waals surface area contributed by atoms with Gasteiger partial charge in [0.25, 0.3) is 0 Å². The van der Waals surface area contributed by atoms with Gasteiger partial charge in [-0.1, -0.05) is 18.5 Å². The van der Waals surface area contributed by atoms with Crippen LogP contribution in [-0.2, 0) is 11.3 Å². The van der Waals surface area contributed by atoms with Gasteiger partial charge in [-0.2, -0.15) is 0 Å². The summed E-state index contributed by atoms with van der Waals surface area (Å²) in [5.74, 6) is 1.12. The standard InChI is InChI=1S/C10H16ClN3O2/c1-3-7(5-15)12-9-4-8(11)13-10(14-9)6-16-2/h4,7,15H,3,5-6H2,1-2H3,(H,12,13,14). The van der Waals surface area contributed by atoms with Crippen molar-refractivity contribution in [3.63, 3.8) is 0 Å². The molecule has 1 aromatic heterocycles. The number of hydrogen-bond donors (Lipinski definition) is 2. The highest BCUT2D eigenvalue weighted by Gasteiger charge is 2.07. The van der Waals surface area contributed by atoms with Gasteiger partial charge >= 0.3 is 0 Å². The minimum absolute atomic E-state index is 0.0265. The van der Waals surface area contributed by atoms with Crippen LogP contribution in [0.2, 0.25) is 5.15 Å². The van der Waals surface area contributed by atoms with E-state index in [9.17, 15) is 0 Å². The first-order valence-electron chi connectivity index (χ1n) is 5.09. The van der Waals surface area contributed by atoms with Gasteiger partial charge in [-0.05, 0) is 6.42 Å². The number of rotatable bonds is 6. The van der Waals surface area contributed by atoms with Gasteiger partial charge in [-0.25, -0.2) is 9.97 Å². The molecule has 0 spiro atoms. The van der Waals surface area contributed by atoms with Gasteiger partial charge in [0, 0.05) is 13.2 Å². The SMILES string of the molecule is CCC(CO)Nc1cc(Cl)nc(COC)n1. The predicted octanol–water partition coefficient (Wildman–Crippen LogP) is 1.46. The average Bonchev–Trinajstić information content (AvgIpc) is 2.25. The summed E-state index contributed by atoms with van der Waals surface area (Å²) >= 11 is 5.85. The fourth-order valence-corrected chi connectivity index (χ4v) is 1.42. The van der Waals surface area contributed by atoms with Gasteiger partial charge in [0.2, 0.25) is 0 Å². The monoisotopic (exact) mass is 245 g/mol. The fourth-order valence-electron chi connectivity index (χ4n) is 1.22. The molecule has 0 aromatic carbocycles. The fraction of sp³-hybridized carbons (Fsp3) is 0.600. The molecule has 0 amide bonds. The van der Waals surface area contributed by atoms with E-state index < -0.39 is 0 Å². The van der Waals surface area contributed by atoms with E-state index in [1.165, 1.54) is 0 Å². The number of hydrogen-bond acceptors (Lipinski definition) is 5. The third kappa shape index (κ3) is 3.92. The molecule has 2 N–H and O–H groups in total. The summed E-state index contributed by atoms with van der Waals surface area (Å²) in [7, 11) is 1.57.